The number of hydrogen-bond acceptors (Lipinski definition) is 7. The molecule has 0 unspecified atom stereocenters. The number of carbonyl (C=O) groups is 2. The first-order chi connectivity index (χ1) is 20.5. The highest BCUT2D eigenvalue weighted by molar-refractivity contribution is 6.04. The van der Waals surface area contributed by atoms with Gasteiger partial charge in [0.1, 0.15) is 23.9 Å². The van der Waals surface area contributed by atoms with E-state index < -0.39 is 17.8 Å². The second kappa shape index (κ2) is 13.6. The second-order valence-electron chi connectivity index (χ2n) is 10.1. The van der Waals surface area contributed by atoms with Gasteiger partial charge >= 0.3 is 0 Å². The van der Waals surface area contributed by atoms with Crippen LogP contribution in [0.2, 0.25) is 0 Å². The van der Waals surface area contributed by atoms with Gasteiger partial charge in [0.05, 0.1) is 44.8 Å². The summed E-state index contributed by atoms with van der Waals surface area (Å²) in [5, 5.41) is 6.20. The van der Waals surface area contributed by atoms with Crippen LogP contribution in [-0.4, -0.2) is 92.5 Å². The molecule has 0 radical (unpaired) electrons. The van der Waals surface area contributed by atoms with Crippen LogP contribution >= 0.6 is 0 Å². The molecule has 0 aromatic heterocycles. The number of methoxy groups -OCH3 is 2. The molecular formula is C32H35FN4O5. The van der Waals surface area contributed by atoms with Crippen molar-refractivity contribution in [2.45, 2.75) is 12.5 Å². The fourth-order valence-corrected chi connectivity index (χ4v) is 5.26. The lowest BCUT2D eigenvalue weighted by Gasteiger charge is -2.31. The summed E-state index contributed by atoms with van der Waals surface area (Å²) in [5.41, 5.74) is 2.32. The zero-order chi connectivity index (χ0) is 29.5. The zero-order valence-corrected chi connectivity index (χ0v) is 23.9. The van der Waals surface area contributed by atoms with Crippen LogP contribution in [0.5, 0.6) is 11.5 Å². The summed E-state index contributed by atoms with van der Waals surface area (Å²) < 4.78 is 31.0. The summed E-state index contributed by atoms with van der Waals surface area (Å²) in [6.45, 7) is 3.20. The number of morpholine rings is 1. The number of amides is 2. The molecule has 42 heavy (non-hydrogen) atoms. The summed E-state index contributed by atoms with van der Waals surface area (Å²) in [6.07, 6.45) is 0.452. The van der Waals surface area contributed by atoms with Crippen LogP contribution < -0.4 is 9.47 Å². The van der Waals surface area contributed by atoms with Crippen molar-refractivity contribution in [2.24, 2.45) is 5.10 Å². The molecule has 2 heterocycles. The van der Waals surface area contributed by atoms with E-state index >= 15 is 0 Å². The van der Waals surface area contributed by atoms with E-state index in [1.807, 2.05) is 48.5 Å². The summed E-state index contributed by atoms with van der Waals surface area (Å²) in [5.74, 6) is -0.186. The minimum atomic E-state index is -0.626. The van der Waals surface area contributed by atoms with Gasteiger partial charge in [-0.3, -0.25) is 14.5 Å². The molecule has 0 saturated carbocycles. The quantitative estimate of drug-likeness (QED) is 0.364. The van der Waals surface area contributed by atoms with Crippen LogP contribution in [-0.2, 0) is 9.53 Å². The highest BCUT2D eigenvalue weighted by atomic mass is 19.1. The third kappa shape index (κ3) is 6.61. The van der Waals surface area contributed by atoms with E-state index in [0.717, 1.165) is 29.9 Å². The number of ether oxygens (including phenoxy) is 3. The molecule has 2 aliphatic heterocycles. The molecule has 2 aliphatic rings. The van der Waals surface area contributed by atoms with Crippen molar-refractivity contribution >= 4 is 17.5 Å². The number of benzene rings is 3. The van der Waals surface area contributed by atoms with E-state index in [4.69, 9.17) is 19.3 Å². The Bertz CT molecular complexity index is 1420. The molecule has 1 atom stereocenters. The van der Waals surface area contributed by atoms with E-state index in [9.17, 15) is 14.0 Å². The highest BCUT2D eigenvalue weighted by Crippen LogP contribution is 2.37. The van der Waals surface area contributed by atoms with Crippen molar-refractivity contribution < 1.29 is 28.2 Å². The SMILES string of the molecule is COc1ccc(C2=NN(C(=O)CN(CCN3CCOCC3)C(=O)c3ccccc3F)[C@H](c3ccccc3OC)C2)cc1. The minimum Gasteiger partial charge on any atom is -0.497 e. The first kappa shape index (κ1) is 29.2. The zero-order valence-electron chi connectivity index (χ0n) is 23.9. The molecule has 3 aromatic rings. The van der Waals surface area contributed by atoms with E-state index in [0.29, 0.717) is 37.7 Å². The van der Waals surface area contributed by atoms with Crippen LogP contribution in [0.3, 0.4) is 0 Å². The molecule has 220 valence electrons. The highest BCUT2D eigenvalue weighted by Gasteiger charge is 2.36. The average molecular weight is 575 g/mol. The maximum absolute atomic E-state index is 14.7. The monoisotopic (exact) mass is 574 g/mol. The fourth-order valence-electron chi connectivity index (χ4n) is 5.26. The van der Waals surface area contributed by atoms with Gasteiger partial charge in [-0.15, -0.1) is 0 Å². The summed E-state index contributed by atoms with van der Waals surface area (Å²) >= 11 is 0. The van der Waals surface area contributed by atoms with Crippen LogP contribution in [0.1, 0.15) is 33.9 Å². The molecule has 0 N–H and O–H groups in total. The first-order valence-corrected chi connectivity index (χ1v) is 14.0. The van der Waals surface area contributed by atoms with Gasteiger partial charge in [-0.05, 0) is 48.0 Å². The smallest absolute Gasteiger partial charge is 0.262 e. The molecule has 0 aliphatic carbocycles. The van der Waals surface area contributed by atoms with E-state index in [-0.39, 0.29) is 24.6 Å². The van der Waals surface area contributed by atoms with Crippen LogP contribution in [0.25, 0.3) is 0 Å². The van der Waals surface area contributed by atoms with Crippen LogP contribution in [0, 0.1) is 5.82 Å². The van der Waals surface area contributed by atoms with Gasteiger partial charge in [-0.1, -0.05) is 30.3 Å². The molecule has 9 nitrogen and oxygen atoms in total. The van der Waals surface area contributed by atoms with Gasteiger partial charge in [-0.2, -0.15) is 5.10 Å². The summed E-state index contributed by atoms with van der Waals surface area (Å²) in [4.78, 5) is 31.2. The van der Waals surface area contributed by atoms with Gasteiger partial charge < -0.3 is 19.1 Å². The number of nitrogens with zero attached hydrogens (tertiary/aromatic N) is 4. The standard InChI is InChI=1S/C32H35FN4O5/c1-40-24-13-11-23(12-14-24)28-21-29(26-8-4-6-10-30(26)41-2)37(34-28)31(38)22-36(16-15-35-17-19-42-20-18-35)32(39)25-7-3-5-9-27(25)33/h3-14,29H,15-22H2,1-2H3/t29-/m0/s1. The molecule has 1 saturated heterocycles. The summed E-state index contributed by atoms with van der Waals surface area (Å²) in [6, 6.07) is 20.4. The Labute approximate surface area is 245 Å². The third-order valence-corrected chi connectivity index (χ3v) is 7.59. The van der Waals surface area contributed by atoms with Gasteiger partial charge in [0.15, 0.2) is 0 Å². The summed E-state index contributed by atoms with van der Waals surface area (Å²) in [7, 11) is 3.19. The Kier molecular flexibility index (Phi) is 9.45. The van der Waals surface area contributed by atoms with Crippen molar-refractivity contribution in [3.63, 3.8) is 0 Å². The lowest BCUT2D eigenvalue weighted by molar-refractivity contribution is -0.133. The van der Waals surface area contributed by atoms with Crippen molar-refractivity contribution in [3.05, 3.63) is 95.3 Å². The Morgan fingerprint density at radius 2 is 1.69 bits per heavy atom. The number of hydrogen-bond donors (Lipinski definition) is 0. The maximum atomic E-state index is 14.7. The van der Waals surface area contributed by atoms with Gasteiger partial charge in [0.2, 0.25) is 0 Å². The number of para-hydroxylation sites is 1. The van der Waals surface area contributed by atoms with Crippen molar-refractivity contribution in [3.8, 4) is 11.5 Å². The topological polar surface area (TPSA) is 83.9 Å². The Hall–Kier alpha value is -4.28. The lowest BCUT2D eigenvalue weighted by atomic mass is 9.97. The molecule has 3 aromatic carbocycles. The number of rotatable bonds is 10. The molecule has 2 amide bonds. The van der Waals surface area contributed by atoms with Gasteiger partial charge in [-0.25, -0.2) is 9.40 Å². The van der Waals surface area contributed by atoms with Crippen molar-refractivity contribution in [1.82, 2.24) is 14.8 Å². The molecule has 5 rings (SSSR count). The first-order valence-electron chi connectivity index (χ1n) is 14.0. The predicted molar refractivity (Wildman–Crippen MR) is 156 cm³/mol. The van der Waals surface area contributed by atoms with Gasteiger partial charge in [0, 0.05) is 38.2 Å². The van der Waals surface area contributed by atoms with E-state index in [1.54, 1.807) is 20.3 Å². The fraction of sp³-hybridized carbons (Fsp3) is 0.344. The number of halogens is 1. The largest absolute Gasteiger partial charge is 0.497 e. The normalized spacial score (nSPS) is 17.1. The van der Waals surface area contributed by atoms with Gasteiger partial charge in [0.25, 0.3) is 11.8 Å². The molecule has 1 fully saturated rings. The Balaban J connectivity index is 1.44. The van der Waals surface area contributed by atoms with Crippen LogP contribution in [0.4, 0.5) is 4.39 Å². The number of carbonyl (C=O) groups excluding carboxylic acids is 2. The molecule has 0 spiro atoms. The van der Waals surface area contributed by atoms with E-state index in [1.165, 1.54) is 28.1 Å². The third-order valence-electron chi connectivity index (χ3n) is 7.59. The van der Waals surface area contributed by atoms with E-state index in [2.05, 4.69) is 4.90 Å². The lowest BCUT2D eigenvalue weighted by Crippen LogP contribution is -2.46. The molecule has 0 bridgehead atoms. The molecule has 10 heteroatoms. The number of hydrazone groups is 1. The second-order valence-corrected chi connectivity index (χ2v) is 10.1. The Morgan fingerprint density at radius 3 is 2.40 bits per heavy atom. The minimum absolute atomic E-state index is 0.0719. The Morgan fingerprint density at radius 1 is 0.976 bits per heavy atom. The van der Waals surface area contributed by atoms with Crippen molar-refractivity contribution in [2.75, 3.05) is 60.2 Å². The maximum Gasteiger partial charge on any atom is 0.262 e. The van der Waals surface area contributed by atoms with Crippen LogP contribution in [0.15, 0.2) is 77.9 Å². The average Bonchev–Trinajstić information content (AvgIpc) is 3.49. The molecular weight excluding hydrogens is 539 g/mol. The predicted octanol–water partition coefficient (Wildman–Crippen LogP) is 4.00. The van der Waals surface area contributed by atoms with Crippen molar-refractivity contribution in [1.29, 1.82) is 0 Å².